The van der Waals surface area contributed by atoms with E-state index in [1.165, 1.54) is 0 Å². The third-order valence-electron chi connectivity index (χ3n) is 5.65. The molecule has 0 spiro atoms. The van der Waals surface area contributed by atoms with Crippen molar-refractivity contribution in [2.24, 2.45) is 0 Å². The van der Waals surface area contributed by atoms with E-state index in [0.29, 0.717) is 39.5 Å². The highest BCUT2D eigenvalue weighted by atomic mass is 16.5. The minimum atomic E-state index is -1.17. The van der Waals surface area contributed by atoms with Gasteiger partial charge < -0.3 is 39.5 Å². The van der Waals surface area contributed by atoms with Crippen molar-refractivity contribution >= 4 is 11.9 Å². The molecular formula is C18H31N3O7. The third kappa shape index (κ3) is 4.93. The molecule has 0 bridgehead atoms. The molecule has 3 N–H and O–H groups in total. The molecule has 3 rings (SSSR count). The number of amides is 3. The van der Waals surface area contributed by atoms with E-state index < -0.39 is 24.4 Å². The van der Waals surface area contributed by atoms with Crippen LogP contribution in [-0.2, 0) is 19.0 Å². The molecule has 0 aromatic carbocycles. The van der Waals surface area contributed by atoms with Crippen molar-refractivity contribution in [3.05, 3.63) is 0 Å². The second-order valence-electron chi connectivity index (χ2n) is 7.52. The highest BCUT2D eigenvalue weighted by molar-refractivity contribution is 5.77. The number of nitrogens with one attached hydrogen (secondary N) is 1. The van der Waals surface area contributed by atoms with Gasteiger partial charge in [-0.1, -0.05) is 0 Å². The number of aliphatic hydroxyl groups is 2. The molecule has 10 heteroatoms. The van der Waals surface area contributed by atoms with Crippen LogP contribution in [0, 0.1) is 0 Å². The predicted molar refractivity (Wildman–Crippen MR) is 97.7 cm³/mol. The first-order valence-corrected chi connectivity index (χ1v) is 9.91. The van der Waals surface area contributed by atoms with Crippen LogP contribution in [-0.4, -0.2) is 116 Å². The lowest BCUT2D eigenvalue weighted by Crippen LogP contribution is -2.49. The molecule has 3 aliphatic rings. The van der Waals surface area contributed by atoms with Crippen molar-refractivity contribution in [2.75, 3.05) is 53.1 Å². The van der Waals surface area contributed by atoms with Crippen LogP contribution in [0.1, 0.15) is 19.3 Å². The summed E-state index contributed by atoms with van der Waals surface area (Å²) in [5.41, 5.74) is 0. The summed E-state index contributed by atoms with van der Waals surface area (Å²) >= 11 is 0. The number of methoxy groups -OCH3 is 1. The average Bonchev–Trinajstić information content (AvgIpc) is 3.27. The van der Waals surface area contributed by atoms with E-state index >= 15 is 0 Å². The fraction of sp³-hybridized carbons (Fsp3) is 0.889. The van der Waals surface area contributed by atoms with Crippen LogP contribution >= 0.6 is 0 Å². The lowest BCUT2D eigenvalue weighted by molar-refractivity contribution is -0.137. The summed E-state index contributed by atoms with van der Waals surface area (Å²) in [7, 11) is 1.61. The van der Waals surface area contributed by atoms with Crippen LogP contribution < -0.4 is 5.32 Å². The van der Waals surface area contributed by atoms with Gasteiger partial charge in [-0.2, -0.15) is 0 Å². The maximum absolute atomic E-state index is 12.6. The van der Waals surface area contributed by atoms with E-state index in [-0.39, 0.29) is 30.9 Å². The summed E-state index contributed by atoms with van der Waals surface area (Å²) in [6.45, 7) is 3.24. The van der Waals surface area contributed by atoms with Crippen molar-refractivity contribution in [2.45, 2.75) is 49.7 Å². The van der Waals surface area contributed by atoms with Gasteiger partial charge in [-0.15, -0.1) is 0 Å². The predicted octanol–water partition coefficient (Wildman–Crippen LogP) is -1.46. The number of hydrogen-bond donors (Lipinski definition) is 3. The summed E-state index contributed by atoms with van der Waals surface area (Å²) < 4.78 is 16.1. The number of morpholine rings is 1. The Morgan fingerprint density at radius 3 is 2.57 bits per heavy atom. The lowest BCUT2D eigenvalue weighted by Gasteiger charge is -2.27. The number of carbonyl (C=O) groups excluding carboxylic acids is 2. The molecule has 3 heterocycles. The summed E-state index contributed by atoms with van der Waals surface area (Å²) in [6, 6.07) is -0.211. The Labute approximate surface area is 164 Å². The van der Waals surface area contributed by atoms with Gasteiger partial charge in [-0.05, 0) is 12.8 Å². The van der Waals surface area contributed by atoms with Gasteiger partial charge in [-0.3, -0.25) is 4.79 Å². The molecule has 0 aromatic heterocycles. The van der Waals surface area contributed by atoms with Gasteiger partial charge in [0.15, 0.2) is 0 Å². The van der Waals surface area contributed by atoms with E-state index in [9.17, 15) is 19.8 Å². The van der Waals surface area contributed by atoms with Gasteiger partial charge in [0.05, 0.1) is 38.4 Å². The van der Waals surface area contributed by atoms with Gasteiger partial charge in [0, 0.05) is 33.3 Å². The molecule has 0 radical (unpaired) electrons. The molecule has 3 amide bonds. The van der Waals surface area contributed by atoms with Crippen LogP contribution in [0.2, 0.25) is 0 Å². The highest BCUT2D eigenvalue weighted by Gasteiger charge is 2.44. The molecule has 3 fully saturated rings. The van der Waals surface area contributed by atoms with Crippen LogP contribution in [0.15, 0.2) is 0 Å². The highest BCUT2D eigenvalue weighted by Crippen LogP contribution is 2.26. The average molecular weight is 401 g/mol. The number of carbonyl (C=O) groups is 2. The van der Waals surface area contributed by atoms with Crippen LogP contribution in [0.3, 0.4) is 0 Å². The monoisotopic (exact) mass is 401 g/mol. The van der Waals surface area contributed by atoms with Crippen molar-refractivity contribution < 1.29 is 34.0 Å². The Morgan fingerprint density at radius 2 is 1.86 bits per heavy atom. The van der Waals surface area contributed by atoms with Crippen LogP contribution in [0.25, 0.3) is 0 Å². The molecule has 160 valence electrons. The molecular weight excluding hydrogens is 370 g/mol. The Hall–Kier alpha value is -1.46. The van der Waals surface area contributed by atoms with Gasteiger partial charge in [-0.25, -0.2) is 4.79 Å². The van der Waals surface area contributed by atoms with E-state index in [0.717, 1.165) is 12.8 Å². The molecule has 3 aliphatic heterocycles. The fourth-order valence-corrected chi connectivity index (χ4v) is 4.05. The minimum Gasteiger partial charge on any atom is -0.388 e. The molecule has 0 aromatic rings. The fourth-order valence-electron chi connectivity index (χ4n) is 4.05. The van der Waals surface area contributed by atoms with Crippen molar-refractivity contribution in [3.63, 3.8) is 0 Å². The molecule has 10 nitrogen and oxygen atoms in total. The zero-order valence-corrected chi connectivity index (χ0v) is 16.3. The Balaban J connectivity index is 1.48. The zero-order chi connectivity index (χ0) is 20.1. The molecule has 0 saturated carbocycles. The maximum Gasteiger partial charge on any atom is 0.317 e. The summed E-state index contributed by atoms with van der Waals surface area (Å²) in [6.07, 6.45) is -2.07. The van der Waals surface area contributed by atoms with E-state index in [1.807, 2.05) is 0 Å². The second-order valence-corrected chi connectivity index (χ2v) is 7.52. The van der Waals surface area contributed by atoms with E-state index in [4.69, 9.17) is 14.2 Å². The summed E-state index contributed by atoms with van der Waals surface area (Å²) in [5.74, 6) is -0.117. The summed E-state index contributed by atoms with van der Waals surface area (Å²) in [5, 5.41) is 23.3. The zero-order valence-electron chi connectivity index (χ0n) is 16.3. The Morgan fingerprint density at radius 1 is 1.14 bits per heavy atom. The molecule has 28 heavy (non-hydrogen) atoms. The Bertz CT molecular complexity index is 543. The Kier molecular flexibility index (Phi) is 7.47. The quantitative estimate of drug-likeness (QED) is 0.498. The van der Waals surface area contributed by atoms with Crippen LogP contribution in [0.4, 0.5) is 4.79 Å². The second kappa shape index (κ2) is 9.84. The normalized spacial score (nSPS) is 33.3. The van der Waals surface area contributed by atoms with Crippen molar-refractivity contribution in [1.82, 2.24) is 15.1 Å². The molecule has 5 unspecified atom stereocenters. The number of hydrogen-bond acceptors (Lipinski definition) is 7. The lowest BCUT2D eigenvalue weighted by atomic mass is 10.0. The molecule has 3 saturated heterocycles. The first-order valence-electron chi connectivity index (χ1n) is 9.91. The molecule has 5 atom stereocenters. The van der Waals surface area contributed by atoms with Gasteiger partial charge in [0.1, 0.15) is 18.3 Å². The number of aliphatic hydroxyl groups excluding tert-OH is 2. The minimum absolute atomic E-state index is 0.00759. The van der Waals surface area contributed by atoms with Gasteiger partial charge >= 0.3 is 6.03 Å². The van der Waals surface area contributed by atoms with Gasteiger partial charge in [0.25, 0.3) is 0 Å². The van der Waals surface area contributed by atoms with E-state index in [2.05, 4.69) is 5.32 Å². The van der Waals surface area contributed by atoms with E-state index in [1.54, 1.807) is 16.9 Å². The maximum atomic E-state index is 12.6. The number of nitrogens with zero attached hydrogens (tertiary/aromatic N) is 2. The first-order chi connectivity index (χ1) is 13.5. The number of urea groups is 1. The number of ether oxygens (including phenoxy) is 3. The summed E-state index contributed by atoms with van der Waals surface area (Å²) in [4.78, 5) is 28.2. The third-order valence-corrected chi connectivity index (χ3v) is 5.65. The standard InChI is InChI=1S/C18H31N3O7/c1-26-11-12-3-2-4-21(12)15(22)9-13-16(23)17(24)14(28-13)10-19-18(25)20-5-7-27-8-6-20/h12-14,16-17,23-24H,2-11H2,1H3,(H,19,25). The van der Waals surface area contributed by atoms with Crippen molar-refractivity contribution in [3.8, 4) is 0 Å². The van der Waals surface area contributed by atoms with Gasteiger partial charge in [0.2, 0.25) is 5.91 Å². The van der Waals surface area contributed by atoms with Crippen LogP contribution in [0.5, 0.6) is 0 Å². The number of likely N-dealkylation sites (tertiary alicyclic amines) is 1. The molecule has 0 aliphatic carbocycles. The SMILES string of the molecule is COCC1CCCN1C(=O)CC1OC(CNC(=O)N2CCOCC2)C(O)C1O. The van der Waals surface area contributed by atoms with Crippen molar-refractivity contribution in [1.29, 1.82) is 0 Å². The smallest absolute Gasteiger partial charge is 0.317 e. The topological polar surface area (TPSA) is 121 Å². The largest absolute Gasteiger partial charge is 0.388 e. The first kappa shape index (κ1) is 21.3. The number of rotatable bonds is 6.